The summed E-state index contributed by atoms with van der Waals surface area (Å²) in [6.07, 6.45) is 2.82. The van der Waals surface area contributed by atoms with Gasteiger partial charge in [0.05, 0.1) is 24.4 Å². The van der Waals surface area contributed by atoms with Crippen LogP contribution in [-0.2, 0) is 6.42 Å². The van der Waals surface area contributed by atoms with E-state index in [2.05, 4.69) is 10.3 Å². The Morgan fingerprint density at radius 1 is 1.30 bits per heavy atom. The average molecular weight is 274 g/mol. The Bertz CT molecular complexity index is 575. The number of hydrogen-bond donors (Lipinski definition) is 2. The molecular formula is C15H15FN2O2. The van der Waals surface area contributed by atoms with E-state index in [1.807, 2.05) is 30.3 Å². The number of halogens is 1. The lowest BCUT2D eigenvalue weighted by atomic mass is 10.1. The van der Waals surface area contributed by atoms with E-state index in [1.165, 1.54) is 12.3 Å². The van der Waals surface area contributed by atoms with E-state index in [9.17, 15) is 14.3 Å². The first kappa shape index (κ1) is 14.1. The molecule has 104 valence electrons. The molecule has 1 unspecified atom stereocenters. The highest BCUT2D eigenvalue weighted by molar-refractivity contribution is 5.94. The summed E-state index contributed by atoms with van der Waals surface area (Å²) in [6.45, 7) is -0.215. The monoisotopic (exact) mass is 274 g/mol. The van der Waals surface area contributed by atoms with Gasteiger partial charge in [0.25, 0.3) is 5.91 Å². The number of aliphatic hydroxyl groups is 1. The number of hydrogen-bond acceptors (Lipinski definition) is 3. The van der Waals surface area contributed by atoms with Crippen LogP contribution in [0.15, 0.2) is 48.8 Å². The fourth-order valence-corrected chi connectivity index (χ4v) is 1.88. The summed E-state index contributed by atoms with van der Waals surface area (Å²) < 4.78 is 13.4. The van der Waals surface area contributed by atoms with Crippen LogP contribution in [0.3, 0.4) is 0 Å². The van der Waals surface area contributed by atoms with Crippen LogP contribution in [0.25, 0.3) is 0 Å². The number of nitrogens with one attached hydrogen (secondary N) is 1. The molecule has 0 saturated carbocycles. The quantitative estimate of drug-likeness (QED) is 0.869. The lowest BCUT2D eigenvalue weighted by Gasteiger charge is -2.16. The van der Waals surface area contributed by atoms with Crippen molar-refractivity contribution in [3.8, 4) is 0 Å². The molecule has 2 aromatic rings. The molecule has 0 spiro atoms. The Morgan fingerprint density at radius 2 is 2.05 bits per heavy atom. The van der Waals surface area contributed by atoms with Gasteiger partial charge in [-0.25, -0.2) is 4.39 Å². The molecule has 0 radical (unpaired) electrons. The van der Waals surface area contributed by atoms with Crippen molar-refractivity contribution < 1.29 is 14.3 Å². The minimum absolute atomic E-state index is 0.0773. The zero-order chi connectivity index (χ0) is 14.4. The maximum atomic E-state index is 13.4. The number of amides is 1. The minimum atomic E-state index is -0.679. The van der Waals surface area contributed by atoms with Gasteiger partial charge in [-0.3, -0.25) is 9.78 Å². The molecule has 0 aliphatic rings. The molecule has 2 rings (SSSR count). The Morgan fingerprint density at radius 3 is 2.70 bits per heavy atom. The fraction of sp³-hybridized carbons (Fsp3) is 0.200. The van der Waals surface area contributed by atoms with Gasteiger partial charge in [0.1, 0.15) is 0 Å². The van der Waals surface area contributed by atoms with Crippen LogP contribution in [0.1, 0.15) is 15.9 Å². The van der Waals surface area contributed by atoms with Gasteiger partial charge in [-0.2, -0.15) is 0 Å². The third-order valence-electron chi connectivity index (χ3n) is 2.90. The number of aromatic nitrogens is 1. The van der Waals surface area contributed by atoms with Crippen molar-refractivity contribution in [2.75, 3.05) is 6.61 Å². The number of carbonyl (C=O) groups is 1. The number of pyridine rings is 1. The first-order chi connectivity index (χ1) is 9.70. The second-order valence-electron chi connectivity index (χ2n) is 4.40. The first-order valence-corrected chi connectivity index (χ1v) is 6.26. The predicted octanol–water partition coefficient (Wildman–Crippen LogP) is 1.55. The maximum absolute atomic E-state index is 13.4. The van der Waals surface area contributed by atoms with E-state index in [0.717, 1.165) is 11.8 Å². The Kier molecular flexibility index (Phi) is 4.79. The molecule has 2 N–H and O–H groups in total. The van der Waals surface area contributed by atoms with Gasteiger partial charge in [0.2, 0.25) is 0 Å². The van der Waals surface area contributed by atoms with Crippen LogP contribution >= 0.6 is 0 Å². The highest BCUT2D eigenvalue weighted by Gasteiger charge is 2.16. The highest BCUT2D eigenvalue weighted by atomic mass is 19.1. The summed E-state index contributed by atoms with van der Waals surface area (Å²) in [5, 5.41) is 11.9. The van der Waals surface area contributed by atoms with Crippen molar-refractivity contribution in [3.05, 3.63) is 65.7 Å². The van der Waals surface area contributed by atoms with Crippen LogP contribution in [0.5, 0.6) is 0 Å². The Hall–Kier alpha value is -2.27. The summed E-state index contributed by atoms with van der Waals surface area (Å²) in [6, 6.07) is 10.3. The van der Waals surface area contributed by atoms with E-state index in [4.69, 9.17) is 0 Å². The smallest absolute Gasteiger partial charge is 0.254 e. The summed E-state index contributed by atoms with van der Waals surface area (Å²) in [5.74, 6) is -1.23. The normalized spacial score (nSPS) is 11.9. The summed E-state index contributed by atoms with van der Waals surface area (Å²) >= 11 is 0. The number of aliphatic hydroxyl groups excluding tert-OH is 1. The number of rotatable bonds is 5. The van der Waals surface area contributed by atoms with E-state index in [1.54, 1.807) is 0 Å². The van der Waals surface area contributed by atoms with Gasteiger partial charge in [0.15, 0.2) is 5.82 Å². The summed E-state index contributed by atoms with van der Waals surface area (Å²) in [5.41, 5.74) is 0.911. The SMILES string of the molecule is O=C(NC(CO)Cc1ccccc1)c1ccncc1F. The molecule has 0 aliphatic heterocycles. The van der Waals surface area contributed by atoms with Crippen LogP contribution in [0, 0.1) is 5.82 Å². The third kappa shape index (κ3) is 3.61. The zero-order valence-corrected chi connectivity index (χ0v) is 10.8. The molecule has 5 heteroatoms. The van der Waals surface area contributed by atoms with Crippen LogP contribution in [0.2, 0.25) is 0 Å². The second-order valence-corrected chi connectivity index (χ2v) is 4.40. The van der Waals surface area contributed by atoms with Crippen molar-refractivity contribution in [2.24, 2.45) is 0 Å². The van der Waals surface area contributed by atoms with E-state index in [-0.39, 0.29) is 12.2 Å². The van der Waals surface area contributed by atoms with E-state index < -0.39 is 17.8 Å². The van der Waals surface area contributed by atoms with Crippen molar-refractivity contribution in [2.45, 2.75) is 12.5 Å². The van der Waals surface area contributed by atoms with Crippen LogP contribution in [0.4, 0.5) is 4.39 Å². The van der Waals surface area contributed by atoms with Gasteiger partial charge in [-0.1, -0.05) is 30.3 Å². The van der Waals surface area contributed by atoms with E-state index >= 15 is 0 Å². The van der Waals surface area contributed by atoms with Crippen molar-refractivity contribution in [1.82, 2.24) is 10.3 Å². The lowest BCUT2D eigenvalue weighted by Crippen LogP contribution is -2.39. The van der Waals surface area contributed by atoms with Crippen molar-refractivity contribution >= 4 is 5.91 Å². The predicted molar refractivity (Wildman–Crippen MR) is 72.7 cm³/mol. The van der Waals surface area contributed by atoms with Crippen LogP contribution < -0.4 is 5.32 Å². The fourth-order valence-electron chi connectivity index (χ4n) is 1.88. The average Bonchev–Trinajstić information content (AvgIpc) is 2.48. The molecule has 1 amide bonds. The minimum Gasteiger partial charge on any atom is -0.394 e. The van der Waals surface area contributed by atoms with Gasteiger partial charge in [-0.05, 0) is 18.1 Å². The number of carbonyl (C=O) groups excluding carboxylic acids is 1. The molecule has 0 saturated heterocycles. The summed E-state index contributed by atoms with van der Waals surface area (Å²) in [7, 11) is 0. The Balaban J connectivity index is 2.03. The molecule has 1 heterocycles. The molecule has 0 bridgehead atoms. The molecule has 1 atom stereocenters. The Labute approximate surface area is 116 Å². The molecule has 1 aromatic carbocycles. The van der Waals surface area contributed by atoms with Gasteiger partial charge in [0, 0.05) is 6.20 Å². The molecular weight excluding hydrogens is 259 g/mol. The van der Waals surface area contributed by atoms with Gasteiger partial charge in [-0.15, -0.1) is 0 Å². The second kappa shape index (κ2) is 6.77. The van der Waals surface area contributed by atoms with E-state index in [0.29, 0.717) is 6.42 Å². The molecule has 0 fully saturated rings. The van der Waals surface area contributed by atoms with Crippen molar-refractivity contribution in [3.63, 3.8) is 0 Å². The lowest BCUT2D eigenvalue weighted by molar-refractivity contribution is 0.0912. The molecule has 1 aromatic heterocycles. The van der Waals surface area contributed by atoms with Gasteiger partial charge < -0.3 is 10.4 Å². The third-order valence-corrected chi connectivity index (χ3v) is 2.90. The molecule has 20 heavy (non-hydrogen) atoms. The number of benzene rings is 1. The molecule has 0 aliphatic carbocycles. The molecule has 4 nitrogen and oxygen atoms in total. The maximum Gasteiger partial charge on any atom is 0.254 e. The highest BCUT2D eigenvalue weighted by Crippen LogP contribution is 2.07. The van der Waals surface area contributed by atoms with Gasteiger partial charge >= 0.3 is 0 Å². The zero-order valence-electron chi connectivity index (χ0n) is 10.8. The number of nitrogens with zero attached hydrogens (tertiary/aromatic N) is 1. The van der Waals surface area contributed by atoms with Crippen molar-refractivity contribution in [1.29, 1.82) is 0 Å². The van der Waals surface area contributed by atoms with Crippen LogP contribution in [-0.4, -0.2) is 28.6 Å². The summed E-state index contributed by atoms with van der Waals surface area (Å²) in [4.78, 5) is 15.5. The first-order valence-electron chi connectivity index (χ1n) is 6.26. The topological polar surface area (TPSA) is 62.2 Å². The largest absolute Gasteiger partial charge is 0.394 e. The standard InChI is InChI=1S/C15H15FN2O2/c16-14-9-17-7-6-13(14)15(20)18-12(10-19)8-11-4-2-1-3-5-11/h1-7,9,12,19H,8,10H2,(H,18,20).